The van der Waals surface area contributed by atoms with Crippen molar-refractivity contribution in [2.45, 2.75) is 6.92 Å². The molecule has 2 heterocycles. The SMILES string of the molecule is Cc1ccc(-c2cc(C(=O)O)c3cc4c(cc3n2)OCCO4)cc1[N+](=O)[O-]. The Labute approximate surface area is 153 Å². The summed E-state index contributed by atoms with van der Waals surface area (Å²) in [5, 5.41) is 21.3. The highest BCUT2D eigenvalue weighted by Gasteiger charge is 2.20. The number of nitrogens with zero attached hydrogens (tertiary/aromatic N) is 2. The number of benzene rings is 2. The molecule has 1 N–H and O–H groups in total. The Hall–Kier alpha value is -3.68. The van der Waals surface area contributed by atoms with E-state index in [1.54, 1.807) is 31.2 Å². The lowest BCUT2D eigenvalue weighted by Gasteiger charge is -2.19. The first kappa shape index (κ1) is 16.8. The van der Waals surface area contributed by atoms with Gasteiger partial charge in [-0.25, -0.2) is 9.78 Å². The average molecular weight is 366 g/mol. The van der Waals surface area contributed by atoms with Crippen LogP contribution in [0, 0.1) is 17.0 Å². The van der Waals surface area contributed by atoms with Crippen LogP contribution < -0.4 is 9.47 Å². The van der Waals surface area contributed by atoms with Gasteiger partial charge in [0.05, 0.1) is 21.7 Å². The van der Waals surface area contributed by atoms with Gasteiger partial charge in [-0.15, -0.1) is 0 Å². The van der Waals surface area contributed by atoms with Crippen LogP contribution in [0.25, 0.3) is 22.2 Å². The lowest BCUT2D eigenvalue weighted by molar-refractivity contribution is -0.385. The Kier molecular flexibility index (Phi) is 3.88. The molecule has 0 radical (unpaired) electrons. The van der Waals surface area contributed by atoms with Crippen molar-refractivity contribution in [3.05, 3.63) is 57.6 Å². The molecule has 0 atom stereocenters. The van der Waals surface area contributed by atoms with Crippen molar-refractivity contribution in [2.75, 3.05) is 13.2 Å². The fraction of sp³-hybridized carbons (Fsp3) is 0.158. The maximum atomic E-state index is 11.8. The van der Waals surface area contributed by atoms with E-state index in [2.05, 4.69) is 4.98 Å². The fourth-order valence-electron chi connectivity index (χ4n) is 3.05. The summed E-state index contributed by atoms with van der Waals surface area (Å²) < 4.78 is 11.1. The number of aromatic carboxylic acids is 1. The summed E-state index contributed by atoms with van der Waals surface area (Å²) in [6.45, 7) is 2.43. The number of rotatable bonds is 3. The van der Waals surface area contributed by atoms with Crippen molar-refractivity contribution in [1.29, 1.82) is 0 Å². The average Bonchev–Trinajstić information content (AvgIpc) is 2.65. The summed E-state index contributed by atoms with van der Waals surface area (Å²) in [4.78, 5) is 27.0. The van der Waals surface area contributed by atoms with Crippen molar-refractivity contribution >= 4 is 22.6 Å². The topological polar surface area (TPSA) is 112 Å². The van der Waals surface area contributed by atoms with Gasteiger partial charge in [-0.3, -0.25) is 10.1 Å². The number of fused-ring (bicyclic) bond motifs is 2. The molecule has 0 fully saturated rings. The minimum Gasteiger partial charge on any atom is -0.486 e. The number of nitro benzene ring substituents is 1. The van der Waals surface area contributed by atoms with Gasteiger partial charge in [0.25, 0.3) is 5.69 Å². The molecule has 0 saturated heterocycles. The van der Waals surface area contributed by atoms with Gasteiger partial charge in [-0.05, 0) is 19.1 Å². The van der Waals surface area contributed by atoms with E-state index in [9.17, 15) is 20.0 Å². The van der Waals surface area contributed by atoms with Crippen LogP contribution in [0.2, 0.25) is 0 Å². The van der Waals surface area contributed by atoms with E-state index in [-0.39, 0.29) is 11.3 Å². The first-order valence-electron chi connectivity index (χ1n) is 8.17. The van der Waals surface area contributed by atoms with Crippen molar-refractivity contribution in [3.63, 3.8) is 0 Å². The zero-order valence-corrected chi connectivity index (χ0v) is 14.3. The minimum absolute atomic E-state index is 0.0372. The van der Waals surface area contributed by atoms with Gasteiger partial charge in [0.1, 0.15) is 13.2 Å². The lowest BCUT2D eigenvalue weighted by atomic mass is 10.0. The number of carbonyl (C=O) groups is 1. The van der Waals surface area contributed by atoms with E-state index in [1.165, 1.54) is 12.1 Å². The van der Waals surface area contributed by atoms with Crippen LogP contribution in [0.4, 0.5) is 5.69 Å². The number of hydrogen-bond donors (Lipinski definition) is 1. The molecule has 0 amide bonds. The largest absolute Gasteiger partial charge is 0.486 e. The van der Waals surface area contributed by atoms with Crippen LogP contribution in [0.5, 0.6) is 11.5 Å². The zero-order chi connectivity index (χ0) is 19.1. The lowest BCUT2D eigenvalue weighted by Crippen LogP contribution is -2.15. The predicted molar refractivity (Wildman–Crippen MR) is 96.5 cm³/mol. The van der Waals surface area contributed by atoms with Crippen LogP contribution in [0.15, 0.2) is 36.4 Å². The first-order chi connectivity index (χ1) is 12.9. The third-order valence-electron chi connectivity index (χ3n) is 4.40. The predicted octanol–water partition coefficient (Wildman–Crippen LogP) is 3.59. The molecule has 2 aromatic carbocycles. The third kappa shape index (κ3) is 2.91. The van der Waals surface area contributed by atoms with Crippen LogP contribution in [0.1, 0.15) is 15.9 Å². The maximum Gasteiger partial charge on any atom is 0.336 e. The van der Waals surface area contributed by atoms with Crippen LogP contribution in [-0.2, 0) is 0 Å². The van der Waals surface area contributed by atoms with Crippen molar-refractivity contribution < 1.29 is 24.3 Å². The molecule has 0 saturated carbocycles. The molecule has 136 valence electrons. The second-order valence-electron chi connectivity index (χ2n) is 6.13. The third-order valence-corrected chi connectivity index (χ3v) is 4.40. The number of nitro groups is 1. The Bertz CT molecular complexity index is 1110. The van der Waals surface area contributed by atoms with E-state index in [0.29, 0.717) is 52.4 Å². The number of hydrogen-bond acceptors (Lipinski definition) is 6. The van der Waals surface area contributed by atoms with Gasteiger partial charge in [-0.2, -0.15) is 0 Å². The highest BCUT2D eigenvalue weighted by molar-refractivity contribution is 6.04. The second kappa shape index (κ2) is 6.24. The van der Waals surface area contributed by atoms with Gasteiger partial charge in [-0.1, -0.05) is 12.1 Å². The number of ether oxygens (including phenoxy) is 2. The summed E-state index contributed by atoms with van der Waals surface area (Å²) in [6, 6.07) is 9.33. The monoisotopic (exact) mass is 366 g/mol. The molecule has 8 heteroatoms. The Morgan fingerprint density at radius 2 is 1.85 bits per heavy atom. The van der Waals surface area contributed by atoms with Gasteiger partial charge in [0, 0.05) is 28.6 Å². The van der Waals surface area contributed by atoms with E-state index in [1.807, 2.05) is 0 Å². The van der Waals surface area contributed by atoms with E-state index < -0.39 is 10.9 Å². The van der Waals surface area contributed by atoms with E-state index >= 15 is 0 Å². The minimum atomic E-state index is -1.12. The molecule has 1 aliphatic rings. The first-order valence-corrected chi connectivity index (χ1v) is 8.17. The Morgan fingerprint density at radius 1 is 1.15 bits per heavy atom. The quantitative estimate of drug-likeness (QED) is 0.557. The number of carboxylic acids is 1. The molecule has 1 aliphatic heterocycles. The van der Waals surface area contributed by atoms with Crippen LogP contribution >= 0.6 is 0 Å². The van der Waals surface area contributed by atoms with Gasteiger partial charge < -0.3 is 14.6 Å². The van der Waals surface area contributed by atoms with Crippen molar-refractivity contribution in [1.82, 2.24) is 4.98 Å². The summed E-state index contributed by atoms with van der Waals surface area (Å²) >= 11 is 0. The molecular formula is C19H14N2O6. The van der Waals surface area contributed by atoms with Gasteiger partial charge in [0.15, 0.2) is 11.5 Å². The molecular weight excluding hydrogens is 352 g/mol. The molecule has 8 nitrogen and oxygen atoms in total. The molecule has 0 spiro atoms. The highest BCUT2D eigenvalue weighted by atomic mass is 16.6. The Balaban J connectivity index is 1.95. The van der Waals surface area contributed by atoms with Gasteiger partial charge >= 0.3 is 5.97 Å². The highest BCUT2D eigenvalue weighted by Crippen LogP contribution is 2.37. The normalized spacial score (nSPS) is 12.8. The summed E-state index contributed by atoms with van der Waals surface area (Å²) in [5.74, 6) is -0.164. The second-order valence-corrected chi connectivity index (χ2v) is 6.13. The fourth-order valence-corrected chi connectivity index (χ4v) is 3.05. The molecule has 1 aromatic heterocycles. The summed E-state index contributed by atoms with van der Waals surface area (Å²) in [7, 11) is 0. The maximum absolute atomic E-state index is 11.8. The molecule has 27 heavy (non-hydrogen) atoms. The van der Waals surface area contributed by atoms with Crippen LogP contribution in [0.3, 0.4) is 0 Å². The standard InChI is InChI=1S/C19H14N2O6/c1-10-2-3-11(6-16(10)21(24)25)14-7-13(19(22)23)12-8-17-18(9-15(12)20-14)27-5-4-26-17/h2-3,6-9H,4-5H2,1H3,(H,22,23). The van der Waals surface area contributed by atoms with E-state index in [4.69, 9.17) is 9.47 Å². The Morgan fingerprint density at radius 3 is 2.52 bits per heavy atom. The summed E-state index contributed by atoms with van der Waals surface area (Å²) in [5.41, 5.74) is 1.72. The summed E-state index contributed by atoms with van der Waals surface area (Å²) in [6.07, 6.45) is 0. The number of aromatic nitrogens is 1. The zero-order valence-electron chi connectivity index (χ0n) is 14.3. The molecule has 4 rings (SSSR count). The number of pyridine rings is 1. The van der Waals surface area contributed by atoms with Gasteiger partial charge in [0.2, 0.25) is 0 Å². The molecule has 0 bridgehead atoms. The number of aryl methyl sites for hydroxylation is 1. The molecule has 0 aliphatic carbocycles. The van der Waals surface area contributed by atoms with Crippen LogP contribution in [-0.4, -0.2) is 34.2 Å². The molecule has 0 unspecified atom stereocenters. The smallest absolute Gasteiger partial charge is 0.336 e. The van der Waals surface area contributed by atoms with Crippen molar-refractivity contribution in [3.8, 4) is 22.8 Å². The molecule has 3 aromatic rings. The van der Waals surface area contributed by atoms with E-state index in [0.717, 1.165) is 0 Å². The number of carboxylic acid groups (broad SMARTS) is 1. The van der Waals surface area contributed by atoms with Crippen molar-refractivity contribution in [2.24, 2.45) is 0 Å².